The van der Waals surface area contributed by atoms with Crippen molar-refractivity contribution in [2.45, 2.75) is 27.7 Å². The van der Waals surface area contributed by atoms with Crippen LogP contribution in [0, 0.1) is 6.04 Å². The second-order valence-electron chi connectivity index (χ2n) is 2.12. The summed E-state index contributed by atoms with van der Waals surface area (Å²) in [6.07, 6.45) is 0. The van der Waals surface area contributed by atoms with Crippen LogP contribution in [0.3, 0.4) is 0 Å². The van der Waals surface area contributed by atoms with Gasteiger partial charge in [-0.05, 0) is 0 Å². The van der Waals surface area contributed by atoms with Gasteiger partial charge in [0.05, 0.1) is 0 Å². The summed E-state index contributed by atoms with van der Waals surface area (Å²) in [5.41, 5.74) is 1.25. The summed E-state index contributed by atoms with van der Waals surface area (Å²) < 4.78 is 0. The minimum Gasteiger partial charge on any atom is -0.378 e. The fourth-order valence-electron chi connectivity index (χ4n) is 0.500. The predicted octanol–water partition coefficient (Wildman–Crippen LogP) is 0.120. The fourth-order valence-corrected chi connectivity index (χ4v) is 0.500. The lowest BCUT2D eigenvalue weighted by Gasteiger charge is -1.97. The van der Waals surface area contributed by atoms with Gasteiger partial charge >= 0.3 is 0 Å². The molecule has 1 nitrogen and oxygen atoms in total. The van der Waals surface area contributed by atoms with E-state index < -0.39 is 0 Å². The second kappa shape index (κ2) is 2.67. The molecule has 0 atom stereocenters. The van der Waals surface area contributed by atoms with E-state index in [1.807, 2.05) is 27.7 Å². The molecule has 0 rings (SSSR count). The van der Waals surface area contributed by atoms with Crippen molar-refractivity contribution in [2.75, 3.05) is 0 Å². The Hall–Kier alpha value is -0.460. The van der Waals surface area contributed by atoms with Gasteiger partial charge in [-0.3, -0.25) is 0 Å². The van der Waals surface area contributed by atoms with Crippen molar-refractivity contribution in [3.63, 3.8) is 0 Å². The highest BCUT2D eigenvalue weighted by Crippen LogP contribution is 1.71. The fraction of sp³-hybridized carbons (Fsp3) is 0.667. The van der Waals surface area contributed by atoms with Crippen LogP contribution in [-0.2, 0) is 0 Å². The molecule has 0 saturated carbocycles. The maximum absolute atomic E-state index is 3.14. The first kappa shape index (κ1) is 6.54. The zero-order valence-corrected chi connectivity index (χ0v) is 5.50. The first-order valence-corrected chi connectivity index (χ1v) is 2.50. The van der Waals surface area contributed by atoms with Crippen LogP contribution in [0.2, 0.25) is 0 Å². The molecule has 0 saturated heterocycles. The number of rotatable bonds is 1. The Balaban J connectivity index is 3.45. The molecule has 0 bridgehead atoms. The topological polar surface area (TPSA) is 14.0 Å². The zero-order valence-electron chi connectivity index (χ0n) is 5.50. The van der Waals surface area contributed by atoms with Gasteiger partial charge in [-0.2, -0.15) is 0 Å². The Bertz CT molecular complexity index is 68.2. The number of hydrogen-bond donors (Lipinski definition) is 1. The molecular weight excluding hydrogens is 86.1 g/mol. The van der Waals surface area contributed by atoms with Crippen molar-refractivity contribution in [3.05, 3.63) is 6.04 Å². The molecule has 0 aliphatic heterocycles. The number of hydrogen-bond acceptors (Lipinski definition) is 0. The Morgan fingerprint density at radius 1 is 1.29 bits per heavy atom. The molecule has 1 heteroatoms. The van der Waals surface area contributed by atoms with E-state index in [-0.39, 0.29) is 0 Å². The molecule has 0 aliphatic carbocycles. The lowest BCUT2D eigenvalue weighted by Crippen LogP contribution is -2.71. The molecule has 1 N–H and O–H groups in total. The molecule has 0 aliphatic rings. The van der Waals surface area contributed by atoms with E-state index in [1.54, 1.807) is 0 Å². The Morgan fingerprint density at radius 2 is 1.71 bits per heavy atom. The van der Waals surface area contributed by atoms with Crippen LogP contribution in [0.25, 0.3) is 0 Å². The van der Waals surface area contributed by atoms with Gasteiger partial charge in [0.15, 0.2) is 0 Å². The third-order valence-electron chi connectivity index (χ3n) is 0.500. The quantitative estimate of drug-likeness (QED) is 0.354. The van der Waals surface area contributed by atoms with Crippen molar-refractivity contribution in [1.29, 1.82) is 0 Å². The van der Waals surface area contributed by atoms with Crippen LogP contribution >= 0.6 is 0 Å². The SMILES string of the molecule is CC(C)=[NH+][C-](C)C. The summed E-state index contributed by atoms with van der Waals surface area (Å²) in [6, 6.07) is 1.25. The summed E-state index contributed by atoms with van der Waals surface area (Å²) in [7, 11) is 0. The standard InChI is InChI=1S/C6H13N/c1-5(2)7-6(3)4/h7H,1-4H3. The van der Waals surface area contributed by atoms with Crippen LogP contribution in [0.5, 0.6) is 0 Å². The average molecular weight is 99.2 g/mol. The number of nitrogens with one attached hydrogen (secondary N) is 1. The monoisotopic (exact) mass is 99.1 g/mol. The van der Waals surface area contributed by atoms with E-state index in [4.69, 9.17) is 0 Å². The van der Waals surface area contributed by atoms with E-state index in [1.165, 1.54) is 11.8 Å². The van der Waals surface area contributed by atoms with E-state index >= 15 is 0 Å². The molecule has 0 heterocycles. The van der Waals surface area contributed by atoms with Gasteiger partial charge in [0.1, 0.15) is 0 Å². The van der Waals surface area contributed by atoms with E-state index in [9.17, 15) is 0 Å². The smallest absolute Gasteiger partial charge is 0.00840 e. The molecule has 0 spiro atoms. The van der Waals surface area contributed by atoms with Crippen LogP contribution in [0.1, 0.15) is 27.7 Å². The van der Waals surface area contributed by atoms with Crippen LogP contribution < -0.4 is 4.99 Å². The molecule has 0 fully saturated rings. The first-order valence-electron chi connectivity index (χ1n) is 2.50. The highest BCUT2D eigenvalue weighted by atomic mass is 14.8. The van der Waals surface area contributed by atoms with Gasteiger partial charge in [-0.15, -0.1) is 0 Å². The minimum atomic E-state index is 1.25. The van der Waals surface area contributed by atoms with E-state index in [0.29, 0.717) is 0 Å². The highest BCUT2D eigenvalue weighted by molar-refractivity contribution is 5.72. The molecule has 0 unspecified atom stereocenters. The Morgan fingerprint density at radius 3 is 1.71 bits per heavy atom. The molecular formula is C6H13N. The van der Waals surface area contributed by atoms with Crippen LogP contribution in [0.15, 0.2) is 0 Å². The molecule has 0 aromatic heterocycles. The van der Waals surface area contributed by atoms with Crippen molar-refractivity contribution < 1.29 is 4.99 Å². The normalized spacial score (nSPS) is 8.00. The first-order chi connectivity index (χ1) is 3.13. The van der Waals surface area contributed by atoms with E-state index in [0.717, 1.165) is 0 Å². The summed E-state index contributed by atoms with van der Waals surface area (Å²) >= 11 is 0. The van der Waals surface area contributed by atoms with Gasteiger partial charge < -0.3 is 4.99 Å². The Kier molecular flexibility index (Phi) is 2.49. The maximum Gasteiger partial charge on any atom is 0.00840 e. The lowest BCUT2D eigenvalue weighted by atomic mass is 10.4. The molecule has 0 radical (unpaired) electrons. The second-order valence-corrected chi connectivity index (χ2v) is 2.12. The average Bonchev–Trinajstić information content (AvgIpc) is 1.27. The lowest BCUT2D eigenvalue weighted by molar-refractivity contribution is -0.438. The molecule has 0 aromatic carbocycles. The minimum absolute atomic E-state index is 1.25. The summed E-state index contributed by atoms with van der Waals surface area (Å²) in [5.74, 6) is 0. The van der Waals surface area contributed by atoms with Gasteiger partial charge in [-0.1, -0.05) is 27.7 Å². The van der Waals surface area contributed by atoms with Gasteiger partial charge in [0.2, 0.25) is 0 Å². The van der Waals surface area contributed by atoms with Crippen LogP contribution in [0.4, 0.5) is 0 Å². The maximum atomic E-state index is 3.14. The third-order valence-corrected chi connectivity index (χ3v) is 0.500. The summed E-state index contributed by atoms with van der Waals surface area (Å²) in [4.78, 5) is 3.14. The third kappa shape index (κ3) is 5.54. The molecule has 7 heavy (non-hydrogen) atoms. The molecule has 0 amide bonds. The van der Waals surface area contributed by atoms with Crippen molar-refractivity contribution in [3.8, 4) is 0 Å². The summed E-state index contributed by atoms with van der Waals surface area (Å²) in [5, 5.41) is 0. The van der Waals surface area contributed by atoms with Gasteiger partial charge in [0.25, 0.3) is 0 Å². The van der Waals surface area contributed by atoms with Gasteiger partial charge in [0, 0.05) is 11.8 Å². The Labute approximate surface area is 45.5 Å². The molecule has 42 valence electrons. The van der Waals surface area contributed by atoms with Crippen LogP contribution in [-0.4, -0.2) is 5.71 Å². The predicted molar refractivity (Wildman–Crippen MR) is 31.9 cm³/mol. The zero-order chi connectivity index (χ0) is 5.86. The summed E-state index contributed by atoms with van der Waals surface area (Å²) in [6.45, 7) is 8.19. The highest BCUT2D eigenvalue weighted by Gasteiger charge is 1.79. The molecule has 0 aromatic rings. The van der Waals surface area contributed by atoms with Crippen molar-refractivity contribution in [2.24, 2.45) is 0 Å². The van der Waals surface area contributed by atoms with E-state index in [2.05, 4.69) is 4.99 Å². The van der Waals surface area contributed by atoms with Crippen molar-refractivity contribution >= 4 is 5.71 Å². The van der Waals surface area contributed by atoms with Gasteiger partial charge in [-0.25, -0.2) is 0 Å². The largest absolute Gasteiger partial charge is 0.378 e. The van der Waals surface area contributed by atoms with Crippen molar-refractivity contribution in [1.82, 2.24) is 0 Å².